The Balaban J connectivity index is 1.90. The molecule has 0 radical (unpaired) electrons. The number of para-hydroxylation sites is 1. The third-order valence-corrected chi connectivity index (χ3v) is 5.32. The van der Waals surface area contributed by atoms with Crippen molar-refractivity contribution in [1.82, 2.24) is 4.98 Å². The quantitative estimate of drug-likeness (QED) is 0.347. The number of hydrogen-bond acceptors (Lipinski definition) is 4. The van der Waals surface area contributed by atoms with E-state index in [-0.39, 0.29) is 22.4 Å². The Morgan fingerprint density at radius 1 is 0.767 bits per heavy atom. The summed E-state index contributed by atoms with van der Waals surface area (Å²) in [5.74, 6) is -1.02. The molecule has 1 aromatic heterocycles. The molecule has 5 rings (SSSR count). The number of benzene rings is 3. The van der Waals surface area contributed by atoms with E-state index >= 15 is 0 Å². The number of halogens is 1. The Hall–Kier alpha value is -3.83. The predicted molar refractivity (Wildman–Crippen MR) is 115 cm³/mol. The molecule has 0 saturated carbocycles. The number of fused-ring (bicyclic) bond motifs is 2. The van der Waals surface area contributed by atoms with Gasteiger partial charge in [0.25, 0.3) is 17.1 Å². The second kappa shape index (κ2) is 6.90. The Labute approximate surface area is 176 Å². The van der Waals surface area contributed by atoms with Crippen LogP contribution < -0.4 is 4.90 Å². The third kappa shape index (κ3) is 2.64. The van der Waals surface area contributed by atoms with E-state index in [1.54, 1.807) is 60.7 Å². The summed E-state index contributed by atoms with van der Waals surface area (Å²) in [5.41, 5.74) is 2.29. The summed E-state index contributed by atoms with van der Waals surface area (Å²) in [4.78, 5) is 44.8. The number of aromatic nitrogens is 1. The van der Waals surface area contributed by atoms with Crippen LogP contribution in [0.2, 0.25) is 0 Å². The standard InChI is InChI=1S/C24H13ClN2O3/c25-22(28)19-17-12-6-7-13-18(17)26-20(14-8-2-1-3-9-14)21(19)27-23(29)15-10-4-5-11-16(15)24(27)30/h1-13H. The van der Waals surface area contributed by atoms with Crippen molar-refractivity contribution in [1.29, 1.82) is 0 Å². The third-order valence-electron chi connectivity index (χ3n) is 5.13. The molecule has 3 aromatic carbocycles. The number of amides is 2. The Morgan fingerprint density at radius 3 is 1.97 bits per heavy atom. The molecule has 2 heterocycles. The number of imide groups is 1. The molecule has 5 nitrogen and oxygen atoms in total. The van der Waals surface area contributed by atoms with Crippen molar-refractivity contribution >= 4 is 45.2 Å². The minimum Gasteiger partial charge on any atom is -0.275 e. The Kier molecular flexibility index (Phi) is 4.19. The molecule has 1 aliphatic heterocycles. The topological polar surface area (TPSA) is 67.3 Å². The first kappa shape index (κ1) is 18.2. The van der Waals surface area contributed by atoms with Crippen molar-refractivity contribution in [3.05, 3.63) is 95.6 Å². The first-order valence-corrected chi connectivity index (χ1v) is 9.61. The SMILES string of the molecule is O=C(Cl)c1c(N2C(=O)c3ccccc3C2=O)c(-c2ccccc2)nc2ccccc12. The molecule has 0 unspecified atom stereocenters. The molecule has 0 fully saturated rings. The number of rotatable bonds is 3. The minimum absolute atomic E-state index is 0.0793. The molecule has 6 heteroatoms. The zero-order valence-electron chi connectivity index (χ0n) is 15.5. The highest BCUT2D eigenvalue weighted by Gasteiger charge is 2.40. The van der Waals surface area contributed by atoms with E-state index in [4.69, 9.17) is 16.6 Å². The monoisotopic (exact) mass is 412 g/mol. The lowest BCUT2D eigenvalue weighted by Gasteiger charge is -2.22. The van der Waals surface area contributed by atoms with Gasteiger partial charge in [-0.05, 0) is 29.8 Å². The lowest BCUT2D eigenvalue weighted by Crippen LogP contribution is -2.31. The summed E-state index contributed by atoms with van der Waals surface area (Å²) in [6, 6.07) is 22.7. The van der Waals surface area contributed by atoms with Crippen molar-refractivity contribution < 1.29 is 14.4 Å². The van der Waals surface area contributed by atoms with Crippen LogP contribution in [0.3, 0.4) is 0 Å². The number of hydrogen-bond donors (Lipinski definition) is 0. The lowest BCUT2D eigenvalue weighted by atomic mass is 10.0. The summed E-state index contributed by atoms with van der Waals surface area (Å²) >= 11 is 6.02. The average Bonchev–Trinajstić information content (AvgIpc) is 3.03. The van der Waals surface area contributed by atoms with E-state index in [1.807, 2.05) is 18.2 Å². The highest BCUT2D eigenvalue weighted by atomic mass is 35.5. The predicted octanol–water partition coefficient (Wildman–Crippen LogP) is 5.08. The van der Waals surface area contributed by atoms with E-state index in [0.717, 1.165) is 4.90 Å². The van der Waals surface area contributed by atoms with Crippen LogP contribution >= 0.6 is 11.6 Å². The van der Waals surface area contributed by atoms with Gasteiger partial charge in [-0.2, -0.15) is 0 Å². The second-order valence-corrected chi connectivity index (χ2v) is 7.18. The molecule has 1 aliphatic rings. The van der Waals surface area contributed by atoms with Crippen molar-refractivity contribution in [3.63, 3.8) is 0 Å². The maximum atomic E-state index is 13.2. The van der Waals surface area contributed by atoms with Crippen molar-refractivity contribution in [3.8, 4) is 11.3 Å². The average molecular weight is 413 g/mol. The van der Waals surface area contributed by atoms with Crippen LogP contribution in [-0.2, 0) is 0 Å². The van der Waals surface area contributed by atoms with Crippen molar-refractivity contribution in [2.75, 3.05) is 4.90 Å². The molecule has 0 spiro atoms. The van der Waals surface area contributed by atoms with Crippen LogP contribution in [0.1, 0.15) is 31.1 Å². The largest absolute Gasteiger partial charge is 0.275 e. The molecule has 30 heavy (non-hydrogen) atoms. The summed E-state index contributed by atoms with van der Waals surface area (Å²) in [6.07, 6.45) is 0. The van der Waals surface area contributed by atoms with Gasteiger partial charge in [-0.1, -0.05) is 60.7 Å². The van der Waals surface area contributed by atoms with Crippen molar-refractivity contribution in [2.45, 2.75) is 0 Å². The van der Waals surface area contributed by atoms with Crippen LogP contribution in [0.15, 0.2) is 78.9 Å². The van der Waals surface area contributed by atoms with Gasteiger partial charge in [-0.25, -0.2) is 9.88 Å². The lowest BCUT2D eigenvalue weighted by molar-refractivity contribution is 0.0926. The van der Waals surface area contributed by atoms with Crippen LogP contribution in [0, 0.1) is 0 Å². The highest BCUT2D eigenvalue weighted by molar-refractivity contribution is 6.69. The molecule has 144 valence electrons. The minimum atomic E-state index is -0.766. The van der Waals surface area contributed by atoms with E-state index in [2.05, 4.69) is 0 Å². The van der Waals surface area contributed by atoms with Gasteiger partial charge in [0, 0.05) is 10.9 Å². The van der Waals surface area contributed by atoms with Crippen molar-refractivity contribution in [2.24, 2.45) is 0 Å². The van der Waals surface area contributed by atoms with Gasteiger partial charge >= 0.3 is 0 Å². The van der Waals surface area contributed by atoms with Crippen LogP contribution in [0.5, 0.6) is 0 Å². The summed E-state index contributed by atoms with van der Waals surface area (Å²) in [5, 5.41) is -0.291. The zero-order valence-corrected chi connectivity index (χ0v) is 16.3. The van der Waals surface area contributed by atoms with Gasteiger partial charge in [0.1, 0.15) is 0 Å². The fourth-order valence-electron chi connectivity index (χ4n) is 3.81. The summed E-state index contributed by atoms with van der Waals surface area (Å²) < 4.78 is 0. The number of carbonyl (C=O) groups is 3. The maximum absolute atomic E-state index is 13.2. The Morgan fingerprint density at radius 2 is 1.33 bits per heavy atom. The molecule has 2 amide bonds. The number of carbonyl (C=O) groups excluding carboxylic acids is 3. The van der Waals surface area contributed by atoms with Gasteiger partial charge in [0.2, 0.25) is 0 Å². The Bertz CT molecular complexity index is 1330. The van der Waals surface area contributed by atoms with Gasteiger partial charge < -0.3 is 0 Å². The number of nitrogens with zero attached hydrogens (tertiary/aromatic N) is 2. The first-order valence-electron chi connectivity index (χ1n) is 9.23. The molecule has 0 saturated heterocycles. The van der Waals surface area contributed by atoms with E-state index in [0.29, 0.717) is 22.2 Å². The van der Waals surface area contributed by atoms with E-state index in [1.165, 1.54) is 0 Å². The zero-order chi connectivity index (χ0) is 20.8. The van der Waals surface area contributed by atoms with E-state index in [9.17, 15) is 14.4 Å². The van der Waals surface area contributed by atoms with Crippen LogP contribution in [0.4, 0.5) is 5.69 Å². The smallest absolute Gasteiger partial charge is 0.266 e. The van der Waals surface area contributed by atoms with Gasteiger partial charge in [0.15, 0.2) is 0 Å². The number of pyridine rings is 1. The van der Waals surface area contributed by atoms with Gasteiger partial charge in [-0.3, -0.25) is 14.4 Å². The van der Waals surface area contributed by atoms with Crippen LogP contribution in [-0.4, -0.2) is 22.0 Å². The van der Waals surface area contributed by atoms with Gasteiger partial charge in [-0.15, -0.1) is 0 Å². The molecule has 0 bridgehead atoms. The van der Waals surface area contributed by atoms with Gasteiger partial charge in [0.05, 0.1) is 33.6 Å². The summed E-state index contributed by atoms with van der Waals surface area (Å²) in [6.45, 7) is 0. The molecule has 0 atom stereocenters. The summed E-state index contributed by atoms with van der Waals surface area (Å²) in [7, 11) is 0. The fraction of sp³-hybridized carbons (Fsp3) is 0. The molecule has 4 aromatic rings. The first-order chi connectivity index (χ1) is 14.6. The molecule has 0 aliphatic carbocycles. The molecule has 0 N–H and O–H groups in total. The van der Waals surface area contributed by atoms with E-state index < -0.39 is 17.1 Å². The maximum Gasteiger partial charge on any atom is 0.266 e. The molecular weight excluding hydrogens is 400 g/mol. The van der Waals surface area contributed by atoms with Crippen LogP contribution in [0.25, 0.3) is 22.2 Å². The molecular formula is C24H13ClN2O3. The normalized spacial score (nSPS) is 13.0. The highest BCUT2D eigenvalue weighted by Crippen LogP contribution is 2.41. The number of anilines is 1. The fourth-order valence-corrected chi connectivity index (χ4v) is 4.00. The second-order valence-electron chi connectivity index (χ2n) is 6.83.